The van der Waals surface area contributed by atoms with Crippen molar-refractivity contribution in [3.05, 3.63) is 30.1 Å². The molecular formula is C15H22BrNO. The van der Waals surface area contributed by atoms with E-state index in [9.17, 15) is 0 Å². The van der Waals surface area contributed by atoms with Gasteiger partial charge in [-0.3, -0.25) is 4.98 Å². The van der Waals surface area contributed by atoms with Gasteiger partial charge in [0.2, 0.25) is 0 Å². The monoisotopic (exact) mass is 311 g/mol. The van der Waals surface area contributed by atoms with E-state index >= 15 is 0 Å². The quantitative estimate of drug-likeness (QED) is 0.736. The third-order valence-electron chi connectivity index (χ3n) is 3.85. The Morgan fingerprint density at radius 2 is 2.22 bits per heavy atom. The van der Waals surface area contributed by atoms with Crippen LogP contribution in [0.4, 0.5) is 0 Å². The fraction of sp³-hybridized carbons (Fsp3) is 0.667. The van der Waals surface area contributed by atoms with Gasteiger partial charge in [0.25, 0.3) is 0 Å². The number of aromatic nitrogens is 1. The summed E-state index contributed by atoms with van der Waals surface area (Å²) in [6.07, 6.45) is 6.07. The first-order valence-corrected chi connectivity index (χ1v) is 7.78. The summed E-state index contributed by atoms with van der Waals surface area (Å²) in [6.45, 7) is 5.17. The van der Waals surface area contributed by atoms with E-state index in [-0.39, 0.29) is 0 Å². The van der Waals surface area contributed by atoms with Crippen molar-refractivity contribution < 1.29 is 4.74 Å². The highest BCUT2D eigenvalue weighted by molar-refractivity contribution is 9.09. The predicted molar refractivity (Wildman–Crippen MR) is 78.1 cm³/mol. The molecule has 2 atom stereocenters. The van der Waals surface area contributed by atoms with Gasteiger partial charge in [0.15, 0.2) is 0 Å². The number of alkyl halides is 1. The first-order chi connectivity index (χ1) is 8.70. The second-order valence-electron chi connectivity index (χ2n) is 5.21. The Morgan fingerprint density at radius 3 is 2.83 bits per heavy atom. The van der Waals surface area contributed by atoms with E-state index in [0.29, 0.717) is 16.8 Å². The topological polar surface area (TPSA) is 22.1 Å². The largest absolute Gasteiger partial charge is 0.378 e. The molecule has 1 saturated carbocycles. The predicted octanol–water partition coefficient (Wildman–Crippen LogP) is 4.15. The molecule has 1 fully saturated rings. The molecule has 0 N–H and O–H groups in total. The van der Waals surface area contributed by atoms with Crippen LogP contribution >= 0.6 is 15.9 Å². The van der Waals surface area contributed by atoms with Crippen LogP contribution < -0.4 is 0 Å². The van der Waals surface area contributed by atoms with Crippen LogP contribution in [-0.4, -0.2) is 22.5 Å². The molecule has 0 amide bonds. The van der Waals surface area contributed by atoms with E-state index in [2.05, 4.69) is 46.9 Å². The zero-order chi connectivity index (χ0) is 13.0. The van der Waals surface area contributed by atoms with Gasteiger partial charge >= 0.3 is 0 Å². The molecule has 2 rings (SSSR count). The Labute approximate surface area is 118 Å². The van der Waals surface area contributed by atoms with Crippen molar-refractivity contribution in [1.82, 2.24) is 4.98 Å². The number of pyridine rings is 1. The van der Waals surface area contributed by atoms with E-state index in [1.54, 1.807) is 0 Å². The van der Waals surface area contributed by atoms with Crippen LogP contribution in [0.15, 0.2) is 24.4 Å². The van der Waals surface area contributed by atoms with Gasteiger partial charge in [-0.25, -0.2) is 0 Å². The average Bonchev–Trinajstić information content (AvgIpc) is 2.36. The van der Waals surface area contributed by atoms with E-state index in [1.807, 2.05) is 12.3 Å². The number of hydrogen-bond acceptors (Lipinski definition) is 2. The molecule has 2 unspecified atom stereocenters. The SMILES string of the molecule is CCOC1CC(CC(Br)C(C)c2ccccn2)C1. The lowest BCUT2D eigenvalue weighted by Crippen LogP contribution is -2.33. The van der Waals surface area contributed by atoms with Gasteiger partial charge in [-0.15, -0.1) is 0 Å². The smallest absolute Gasteiger partial charge is 0.0580 e. The third-order valence-corrected chi connectivity index (χ3v) is 5.02. The Kier molecular flexibility index (Phi) is 5.19. The van der Waals surface area contributed by atoms with Crippen LogP contribution in [0.3, 0.4) is 0 Å². The maximum absolute atomic E-state index is 5.61. The average molecular weight is 312 g/mol. The van der Waals surface area contributed by atoms with Crippen molar-refractivity contribution in [2.24, 2.45) is 5.92 Å². The second kappa shape index (κ2) is 6.67. The van der Waals surface area contributed by atoms with Gasteiger partial charge in [0, 0.05) is 29.2 Å². The summed E-state index contributed by atoms with van der Waals surface area (Å²) >= 11 is 3.83. The highest BCUT2D eigenvalue weighted by Gasteiger charge is 2.32. The Bertz CT molecular complexity index is 351. The molecule has 3 heteroatoms. The molecule has 18 heavy (non-hydrogen) atoms. The summed E-state index contributed by atoms with van der Waals surface area (Å²) in [5, 5.41) is 0. The molecule has 0 radical (unpaired) electrons. The molecule has 1 heterocycles. The van der Waals surface area contributed by atoms with E-state index in [4.69, 9.17) is 4.74 Å². The summed E-state index contributed by atoms with van der Waals surface area (Å²) in [5.74, 6) is 1.29. The summed E-state index contributed by atoms with van der Waals surface area (Å²) in [4.78, 5) is 4.95. The van der Waals surface area contributed by atoms with Crippen LogP contribution in [0.1, 0.15) is 44.7 Å². The standard InChI is InChI=1S/C15H22BrNO/c1-3-18-13-8-12(9-13)10-14(16)11(2)15-6-4-5-7-17-15/h4-7,11-14H,3,8-10H2,1-2H3. The van der Waals surface area contributed by atoms with Gasteiger partial charge in [-0.05, 0) is 44.2 Å². The molecule has 0 bridgehead atoms. The number of rotatable bonds is 6. The summed E-state index contributed by atoms with van der Waals surface area (Å²) < 4.78 is 5.61. The molecule has 2 nitrogen and oxygen atoms in total. The molecule has 100 valence electrons. The van der Waals surface area contributed by atoms with Gasteiger partial charge in [0.1, 0.15) is 0 Å². The van der Waals surface area contributed by atoms with Crippen molar-refractivity contribution in [1.29, 1.82) is 0 Å². The van der Waals surface area contributed by atoms with Crippen LogP contribution in [-0.2, 0) is 4.74 Å². The molecule has 1 aromatic rings. The third kappa shape index (κ3) is 3.55. The minimum atomic E-state index is 0.470. The van der Waals surface area contributed by atoms with Crippen molar-refractivity contribution in [2.75, 3.05) is 6.61 Å². The number of halogens is 1. The van der Waals surface area contributed by atoms with Gasteiger partial charge < -0.3 is 4.74 Å². The van der Waals surface area contributed by atoms with Crippen LogP contribution in [0.2, 0.25) is 0 Å². The molecular weight excluding hydrogens is 290 g/mol. The van der Waals surface area contributed by atoms with Crippen LogP contribution in [0.25, 0.3) is 0 Å². The number of ether oxygens (including phenoxy) is 1. The lowest BCUT2D eigenvalue weighted by molar-refractivity contribution is -0.0267. The fourth-order valence-electron chi connectivity index (χ4n) is 2.59. The second-order valence-corrected chi connectivity index (χ2v) is 6.39. The lowest BCUT2D eigenvalue weighted by Gasteiger charge is -2.37. The molecule has 1 aliphatic rings. The van der Waals surface area contributed by atoms with Gasteiger partial charge in [0.05, 0.1) is 6.10 Å². The minimum Gasteiger partial charge on any atom is -0.378 e. The van der Waals surface area contributed by atoms with E-state index < -0.39 is 0 Å². The molecule has 1 aliphatic carbocycles. The van der Waals surface area contributed by atoms with Crippen molar-refractivity contribution in [3.63, 3.8) is 0 Å². The van der Waals surface area contributed by atoms with E-state index in [0.717, 1.165) is 12.5 Å². The summed E-state index contributed by atoms with van der Waals surface area (Å²) in [6, 6.07) is 6.15. The molecule has 1 aromatic heterocycles. The molecule has 0 saturated heterocycles. The summed E-state index contributed by atoms with van der Waals surface area (Å²) in [7, 11) is 0. The Hall–Kier alpha value is -0.410. The molecule has 0 aliphatic heterocycles. The minimum absolute atomic E-state index is 0.470. The van der Waals surface area contributed by atoms with Gasteiger partial charge in [-0.2, -0.15) is 0 Å². The number of nitrogens with zero attached hydrogens (tertiary/aromatic N) is 1. The maximum atomic E-state index is 5.61. The highest BCUT2D eigenvalue weighted by atomic mass is 79.9. The van der Waals surface area contributed by atoms with Crippen LogP contribution in [0, 0.1) is 5.92 Å². The zero-order valence-electron chi connectivity index (χ0n) is 11.2. The zero-order valence-corrected chi connectivity index (χ0v) is 12.8. The normalized spacial score (nSPS) is 26.4. The van der Waals surface area contributed by atoms with E-state index in [1.165, 1.54) is 25.0 Å². The lowest BCUT2D eigenvalue weighted by atomic mass is 9.77. The first-order valence-electron chi connectivity index (χ1n) is 6.87. The summed E-state index contributed by atoms with van der Waals surface area (Å²) in [5.41, 5.74) is 1.18. The molecule has 0 aromatic carbocycles. The maximum Gasteiger partial charge on any atom is 0.0580 e. The first kappa shape index (κ1) is 14.0. The van der Waals surface area contributed by atoms with Crippen molar-refractivity contribution in [2.45, 2.75) is 50.0 Å². The molecule has 0 spiro atoms. The van der Waals surface area contributed by atoms with Crippen molar-refractivity contribution >= 4 is 15.9 Å². The van der Waals surface area contributed by atoms with Gasteiger partial charge in [-0.1, -0.05) is 28.9 Å². The van der Waals surface area contributed by atoms with Crippen LogP contribution in [0.5, 0.6) is 0 Å². The fourth-order valence-corrected chi connectivity index (χ4v) is 3.39. The highest BCUT2D eigenvalue weighted by Crippen LogP contribution is 2.38. The Balaban J connectivity index is 1.77. The van der Waals surface area contributed by atoms with Crippen molar-refractivity contribution in [3.8, 4) is 0 Å². The number of hydrogen-bond donors (Lipinski definition) is 0. The Morgan fingerprint density at radius 1 is 1.44 bits per heavy atom.